The van der Waals surface area contributed by atoms with E-state index in [0.29, 0.717) is 10.6 Å². The Bertz CT molecular complexity index is 1020. The van der Waals surface area contributed by atoms with E-state index in [2.05, 4.69) is 9.97 Å². The predicted molar refractivity (Wildman–Crippen MR) is 88.8 cm³/mol. The second-order valence-corrected chi connectivity index (χ2v) is 6.43. The topological polar surface area (TPSA) is 82.9 Å². The molecule has 0 radical (unpaired) electrons. The van der Waals surface area contributed by atoms with Gasteiger partial charge in [0, 0.05) is 0 Å². The third kappa shape index (κ3) is 3.12. The lowest BCUT2D eigenvalue weighted by Gasteiger charge is -2.00. The number of benzene rings is 1. The first-order chi connectivity index (χ1) is 11.9. The van der Waals surface area contributed by atoms with Crippen LogP contribution in [0.25, 0.3) is 22.8 Å². The average Bonchev–Trinajstić information content (AvgIpc) is 3.14. The Labute approximate surface area is 149 Å². The zero-order chi connectivity index (χ0) is 18.1. The molecule has 3 rings (SSSR count). The lowest BCUT2D eigenvalue weighted by Crippen LogP contribution is -1.93. The molecule has 0 aliphatic heterocycles. The maximum Gasteiger partial charge on any atom is 0.232 e. The predicted octanol–water partition coefficient (Wildman–Crippen LogP) is 4.99. The molecule has 0 saturated heterocycles. The smallest absolute Gasteiger partial charge is 0.232 e. The van der Waals surface area contributed by atoms with Gasteiger partial charge < -0.3 is 9.52 Å². The van der Waals surface area contributed by atoms with Crippen molar-refractivity contribution in [2.75, 3.05) is 0 Å². The van der Waals surface area contributed by atoms with Crippen LogP contribution in [0.5, 0.6) is 0 Å². The first-order valence-corrected chi connectivity index (χ1v) is 7.98. The maximum absolute atomic E-state index is 13.8. The summed E-state index contributed by atoms with van der Waals surface area (Å²) in [5, 5.41) is 19.7. The lowest BCUT2D eigenvalue weighted by molar-refractivity contribution is 0.515. The molecule has 0 atom stereocenters. The van der Waals surface area contributed by atoms with Crippen molar-refractivity contribution in [3.05, 3.63) is 56.8 Å². The van der Waals surface area contributed by atoms with Crippen LogP contribution in [0.4, 0.5) is 8.78 Å². The number of aliphatic hydroxyl groups excluding tert-OH is 1. The van der Waals surface area contributed by atoms with E-state index in [1.54, 1.807) is 13.0 Å². The van der Waals surface area contributed by atoms with Gasteiger partial charge in [0.05, 0.1) is 10.6 Å². The molecule has 0 aliphatic carbocycles. The molecule has 0 bridgehead atoms. The SMILES string of the molecule is Cc1nc(Cl)sc1/C(O)=C(\C#N)c1coc(-c2c(F)cccc2F)n1. The van der Waals surface area contributed by atoms with E-state index in [0.717, 1.165) is 29.7 Å². The number of aliphatic hydroxyl groups is 1. The van der Waals surface area contributed by atoms with E-state index >= 15 is 0 Å². The third-order valence-corrected chi connectivity index (χ3v) is 4.54. The molecule has 1 aromatic carbocycles. The van der Waals surface area contributed by atoms with Gasteiger partial charge in [0.15, 0.2) is 10.2 Å². The van der Waals surface area contributed by atoms with E-state index in [-0.39, 0.29) is 21.6 Å². The Morgan fingerprint density at radius 3 is 2.56 bits per heavy atom. The van der Waals surface area contributed by atoms with Gasteiger partial charge in [-0.15, -0.1) is 0 Å². The van der Waals surface area contributed by atoms with Crippen molar-refractivity contribution in [1.29, 1.82) is 5.26 Å². The molecule has 0 aliphatic rings. The van der Waals surface area contributed by atoms with Gasteiger partial charge in [0.25, 0.3) is 0 Å². The number of thiazole rings is 1. The van der Waals surface area contributed by atoms with E-state index in [1.165, 1.54) is 6.07 Å². The van der Waals surface area contributed by atoms with Gasteiger partial charge in [-0.1, -0.05) is 29.0 Å². The Morgan fingerprint density at radius 2 is 2.00 bits per heavy atom. The van der Waals surface area contributed by atoms with Gasteiger partial charge in [-0.05, 0) is 19.1 Å². The molecular formula is C16H8ClF2N3O2S. The van der Waals surface area contributed by atoms with E-state index in [4.69, 9.17) is 16.0 Å². The monoisotopic (exact) mass is 379 g/mol. The maximum atomic E-state index is 13.8. The number of hydrogen-bond acceptors (Lipinski definition) is 6. The molecule has 2 heterocycles. The molecule has 0 fully saturated rings. The van der Waals surface area contributed by atoms with Crippen LogP contribution in [-0.2, 0) is 0 Å². The highest BCUT2D eigenvalue weighted by atomic mass is 35.5. The van der Waals surface area contributed by atoms with Crippen molar-refractivity contribution >= 4 is 34.3 Å². The first-order valence-electron chi connectivity index (χ1n) is 6.79. The van der Waals surface area contributed by atoms with E-state index < -0.39 is 23.0 Å². The van der Waals surface area contributed by atoms with Crippen LogP contribution in [0.2, 0.25) is 4.47 Å². The quantitative estimate of drug-likeness (QED) is 0.512. The number of aromatic nitrogens is 2. The zero-order valence-electron chi connectivity index (χ0n) is 12.5. The highest BCUT2D eigenvalue weighted by Crippen LogP contribution is 2.33. The standard InChI is InChI=1S/C16H8ClF2N3O2S/c1-7-14(25-16(17)21-7)13(23)8(5-20)11-6-24-15(22-11)12-9(18)3-2-4-10(12)19/h2-4,6,23H,1H3/b13-8-. The Morgan fingerprint density at radius 1 is 1.32 bits per heavy atom. The number of nitriles is 1. The van der Waals surface area contributed by atoms with Gasteiger partial charge in [-0.25, -0.2) is 18.7 Å². The van der Waals surface area contributed by atoms with Crippen molar-refractivity contribution in [2.24, 2.45) is 0 Å². The van der Waals surface area contributed by atoms with E-state index in [9.17, 15) is 19.1 Å². The Balaban J connectivity index is 2.10. The minimum atomic E-state index is -0.856. The molecule has 2 aromatic heterocycles. The molecule has 126 valence electrons. The highest BCUT2D eigenvalue weighted by molar-refractivity contribution is 7.16. The minimum absolute atomic E-state index is 0.0680. The van der Waals surface area contributed by atoms with Crippen molar-refractivity contribution in [3.63, 3.8) is 0 Å². The summed E-state index contributed by atoms with van der Waals surface area (Å²) < 4.78 is 32.9. The van der Waals surface area contributed by atoms with Crippen LogP contribution >= 0.6 is 22.9 Å². The number of oxazole rings is 1. The van der Waals surface area contributed by atoms with Crippen LogP contribution in [0.3, 0.4) is 0 Å². The van der Waals surface area contributed by atoms with Gasteiger partial charge in [-0.3, -0.25) is 0 Å². The van der Waals surface area contributed by atoms with Crippen molar-refractivity contribution < 1.29 is 18.3 Å². The normalized spacial score (nSPS) is 12.0. The fourth-order valence-electron chi connectivity index (χ4n) is 2.13. The summed E-state index contributed by atoms with van der Waals surface area (Å²) in [6.45, 7) is 1.62. The number of nitrogens with zero attached hydrogens (tertiary/aromatic N) is 3. The fourth-order valence-corrected chi connectivity index (χ4v) is 3.24. The van der Waals surface area contributed by atoms with Crippen LogP contribution in [0.1, 0.15) is 16.3 Å². The summed E-state index contributed by atoms with van der Waals surface area (Å²) in [6.07, 6.45) is 1.04. The van der Waals surface area contributed by atoms with Crippen LogP contribution in [-0.4, -0.2) is 15.1 Å². The molecule has 9 heteroatoms. The summed E-state index contributed by atoms with van der Waals surface area (Å²) in [5.41, 5.74) is -0.316. The minimum Gasteiger partial charge on any atom is -0.505 e. The molecule has 0 saturated carbocycles. The summed E-state index contributed by atoms with van der Waals surface area (Å²) in [7, 11) is 0. The van der Waals surface area contributed by atoms with Gasteiger partial charge in [0.2, 0.25) is 5.89 Å². The van der Waals surface area contributed by atoms with Crippen LogP contribution in [0.15, 0.2) is 28.9 Å². The van der Waals surface area contributed by atoms with Crippen LogP contribution in [0, 0.1) is 29.9 Å². The second kappa shape index (κ2) is 6.63. The Hall–Kier alpha value is -2.76. The third-order valence-electron chi connectivity index (χ3n) is 3.27. The van der Waals surface area contributed by atoms with E-state index in [1.807, 2.05) is 0 Å². The van der Waals surface area contributed by atoms with Gasteiger partial charge >= 0.3 is 0 Å². The summed E-state index contributed by atoms with van der Waals surface area (Å²) >= 11 is 6.78. The molecule has 0 spiro atoms. The molecule has 0 unspecified atom stereocenters. The number of halogens is 3. The lowest BCUT2D eigenvalue weighted by atomic mass is 10.1. The number of aryl methyl sites for hydroxylation is 1. The van der Waals surface area contributed by atoms with Gasteiger partial charge in [0.1, 0.15) is 40.8 Å². The molecule has 25 heavy (non-hydrogen) atoms. The number of rotatable bonds is 3. The fraction of sp³-hybridized carbons (Fsp3) is 0.0625. The molecule has 5 nitrogen and oxygen atoms in total. The highest BCUT2D eigenvalue weighted by Gasteiger charge is 2.22. The second-order valence-electron chi connectivity index (χ2n) is 4.85. The Kier molecular flexibility index (Phi) is 4.53. The average molecular weight is 380 g/mol. The molecule has 3 aromatic rings. The zero-order valence-corrected chi connectivity index (χ0v) is 14.1. The summed E-state index contributed by atoms with van der Waals surface area (Å²) in [5.74, 6) is -2.45. The van der Waals surface area contributed by atoms with Crippen LogP contribution < -0.4 is 0 Å². The summed E-state index contributed by atoms with van der Waals surface area (Å²) in [4.78, 5) is 8.17. The molecule has 0 amide bonds. The largest absolute Gasteiger partial charge is 0.505 e. The van der Waals surface area contributed by atoms with Crippen molar-refractivity contribution in [2.45, 2.75) is 6.92 Å². The van der Waals surface area contributed by atoms with Gasteiger partial charge in [-0.2, -0.15) is 5.26 Å². The van der Waals surface area contributed by atoms with Crippen molar-refractivity contribution in [3.8, 4) is 17.5 Å². The number of hydrogen-bond donors (Lipinski definition) is 1. The van der Waals surface area contributed by atoms with Crippen molar-refractivity contribution in [1.82, 2.24) is 9.97 Å². The summed E-state index contributed by atoms with van der Waals surface area (Å²) in [6, 6.07) is 5.13. The number of allylic oxidation sites excluding steroid dienone is 1. The molecular weight excluding hydrogens is 372 g/mol. The molecule has 1 N–H and O–H groups in total. The first kappa shape index (κ1) is 17.1.